The van der Waals surface area contributed by atoms with E-state index in [0.29, 0.717) is 35.7 Å². The van der Waals surface area contributed by atoms with Crippen LogP contribution in [0.3, 0.4) is 0 Å². The third-order valence-corrected chi connectivity index (χ3v) is 6.44. The van der Waals surface area contributed by atoms with Crippen LogP contribution in [0.4, 0.5) is 19.0 Å². The number of rotatable bonds is 2. The lowest BCUT2D eigenvalue weighted by Gasteiger charge is -2.40. The molecule has 1 aromatic carbocycles. The molecule has 0 aliphatic carbocycles. The Balaban J connectivity index is 1.52. The summed E-state index contributed by atoms with van der Waals surface area (Å²) >= 11 is 0. The molecule has 3 atom stereocenters. The average molecular weight is 472 g/mol. The molecule has 0 radical (unpaired) electrons. The first-order valence-electron chi connectivity index (χ1n) is 10.9. The number of alkyl halides is 3. The molecule has 10 heteroatoms. The van der Waals surface area contributed by atoms with Crippen molar-refractivity contribution >= 4 is 22.6 Å². The summed E-state index contributed by atoms with van der Waals surface area (Å²) in [6, 6.07) is 6.64. The number of aromatic nitrogens is 2. The summed E-state index contributed by atoms with van der Waals surface area (Å²) < 4.78 is 50.2. The third-order valence-electron chi connectivity index (χ3n) is 6.44. The number of anilines is 1. The summed E-state index contributed by atoms with van der Waals surface area (Å²) in [7, 11) is 0. The normalized spacial score (nSPS) is 22.7. The van der Waals surface area contributed by atoms with Crippen LogP contribution >= 0.6 is 0 Å². The summed E-state index contributed by atoms with van der Waals surface area (Å²) in [6.07, 6.45) is -3.55. The molecule has 34 heavy (non-hydrogen) atoms. The van der Waals surface area contributed by atoms with Gasteiger partial charge in [-0.3, -0.25) is 9.78 Å². The van der Waals surface area contributed by atoms with Gasteiger partial charge in [0.1, 0.15) is 11.5 Å². The second kappa shape index (κ2) is 8.21. The van der Waals surface area contributed by atoms with E-state index in [1.54, 1.807) is 23.1 Å². The summed E-state index contributed by atoms with van der Waals surface area (Å²) in [4.78, 5) is 23.4. The number of pyridine rings is 2. The summed E-state index contributed by atoms with van der Waals surface area (Å²) in [6.45, 7) is 4.62. The number of amides is 1. The molecule has 7 nitrogen and oxygen atoms in total. The second-order valence-corrected chi connectivity index (χ2v) is 8.66. The molecular formula is C24H23F3N4O3. The van der Waals surface area contributed by atoms with Crippen molar-refractivity contribution in [2.75, 3.05) is 18.9 Å². The van der Waals surface area contributed by atoms with E-state index in [2.05, 4.69) is 9.97 Å². The van der Waals surface area contributed by atoms with Crippen molar-refractivity contribution in [1.82, 2.24) is 14.9 Å². The zero-order valence-electron chi connectivity index (χ0n) is 18.6. The first-order valence-corrected chi connectivity index (χ1v) is 10.9. The van der Waals surface area contributed by atoms with Gasteiger partial charge in [0, 0.05) is 22.7 Å². The highest BCUT2D eigenvalue weighted by Gasteiger charge is 2.36. The van der Waals surface area contributed by atoms with E-state index in [0.717, 1.165) is 28.8 Å². The Kier molecular flexibility index (Phi) is 5.44. The minimum Gasteiger partial charge on any atom is -0.383 e. The van der Waals surface area contributed by atoms with Crippen LogP contribution < -0.4 is 5.73 Å². The van der Waals surface area contributed by atoms with Gasteiger partial charge in [-0.2, -0.15) is 13.2 Å². The standard InChI is InChI=1S/C24H23F3N4O3/c1-12-9-33-11-19(15-4-6-20(29-8-15)24(25,26)27)31(12)23(32)14-3-5-18-16(7-14)17-10-34-13(2)21(17)22(28)30-18/h3-8,12-13,19H,9-11H2,1-2H3,(H2,28,30)/t12-,13-,19-/m1/s1. The Morgan fingerprint density at radius 3 is 2.68 bits per heavy atom. The number of fused-ring (bicyclic) bond motifs is 3. The number of benzene rings is 1. The Morgan fingerprint density at radius 1 is 1.18 bits per heavy atom. The molecule has 2 aliphatic rings. The molecule has 1 amide bonds. The van der Waals surface area contributed by atoms with Gasteiger partial charge < -0.3 is 20.1 Å². The lowest BCUT2D eigenvalue weighted by Crippen LogP contribution is -2.49. The fraction of sp³-hybridized carbons (Fsp3) is 0.375. The van der Waals surface area contributed by atoms with Crippen LogP contribution in [0.2, 0.25) is 0 Å². The Hall–Kier alpha value is -3.24. The van der Waals surface area contributed by atoms with Gasteiger partial charge in [-0.25, -0.2) is 4.98 Å². The van der Waals surface area contributed by atoms with Crippen molar-refractivity contribution in [3.63, 3.8) is 0 Å². The van der Waals surface area contributed by atoms with Crippen molar-refractivity contribution in [1.29, 1.82) is 0 Å². The van der Waals surface area contributed by atoms with Gasteiger partial charge in [-0.05, 0) is 49.2 Å². The van der Waals surface area contributed by atoms with Crippen LogP contribution in [0.15, 0.2) is 36.5 Å². The van der Waals surface area contributed by atoms with E-state index in [1.807, 2.05) is 13.8 Å². The zero-order chi connectivity index (χ0) is 24.2. The van der Waals surface area contributed by atoms with Crippen molar-refractivity contribution in [3.05, 3.63) is 64.5 Å². The first-order chi connectivity index (χ1) is 16.1. The molecular weight excluding hydrogens is 449 g/mol. The highest BCUT2D eigenvalue weighted by atomic mass is 19.4. The molecule has 5 rings (SSSR count). The SMILES string of the molecule is C[C@@H]1COC[C@H](c2ccc(C(F)(F)F)nc2)N1C(=O)c1ccc2nc(N)c3c(c2c1)CO[C@@H]3C. The maximum Gasteiger partial charge on any atom is 0.433 e. The van der Waals surface area contributed by atoms with E-state index in [-0.39, 0.29) is 24.7 Å². The summed E-state index contributed by atoms with van der Waals surface area (Å²) in [5.74, 6) is 0.170. The quantitative estimate of drug-likeness (QED) is 0.594. The highest BCUT2D eigenvalue weighted by molar-refractivity contribution is 5.99. The number of hydrogen-bond acceptors (Lipinski definition) is 6. The van der Waals surface area contributed by atoms with Gasteiger partial charge in [0.2, 0.25) is 0 Å². The maximum atomic E-state index is 13.7. The third kappa shape index (κ3) is 3.76. The molecule has 2 aliphatic heterocycles. The lowest BCUT2D eigenvalue weighted by molar-refractivity contribution is -0.141. The number of halogens is 3. The van der Waals surface area contributed by atoms with Crippen LogP contribution in [0.5, 0.6) is 0 Å². The molecule has 2 aromatic heterocycles. The number of nitrogens with two attached hydrogens (primary N) is 1. The van der Waals surface area contributed by atoms with E-state index in [4.69, 9.17) is 15.2 Å². The second-order valence-electron chi connectivity index (χ2n) is 8.66. The van der Waals surface area contributed by atoms with Gasteiger partial charge in [0.15, 0.2) is 0 Å². The first kappa shape index (κ1) is 22.5. The van der Waals surface area contributed by atoms with E-state index < -0.39 is 17.9 Å². The maximum absolute atomic E-state index is 13.7. The van der Waals surface area contributed by atoms with Gasteiger partial charge in [-0.15, -0.1) is 0 Å². The molecule has 0 spiro atoms. The smallest absolute Gasteiger partial charge is 0.383 e. The number of morpholine rings is 1. The van der Waals surface area contributed by atoms with Crippen molar-refractivity contribution in [2.45, 2.75) is 44.8 Å². The number of carbonyl (C=O) groups excluding carboxylic acids is 1. The van der Waals surface area contributed by atoms with Gasteiger partial charge in [-0.1, -0.05) is 6.07 Å². The monoisotopic (exact) mass is 472 g/mol. The topological polar surface area (TPSA) is 90.6 Å². The van der Waals surface area contributed by atoms with Crippen molar-refractivity contribution in [2.24, 2.45) is 0 Å². The van der Waals surface area contributed by atoms with Crippen LogP contribution in [0.1, 0.15) is 58.7 Å². The summed E-state index contributed by atoms with van der Waals surface area (Å²) in [5.41, 5.74) is 8.49. The molecule has 3 aromatic rings. The fourth-order valence-corrected chi connectivity index (χ4v) is 4.73. The largest absolute Gasteiger partial charge is 0.433 e. The number of hydrogen-bond donors (Lipinski definition) is 1. The van der Waals surface area contributed by atoms with Crippen LogP contribution in [0.25, 0.3) is 10.9 Å². The molecule has 1 fully saturated rings. The lowest BCUT2D eigenvalue weighted by atomic mass is 9.98. The fourth-order valence-electron chi connectivity index (χ4n) is 4.73. The number of ether oxygens (including phenoxy) is 2. The van der Waals surface area contributed by atoms with E-state index in [1.165, 1.54) is 6.07 Å². The Labute approximate surface area is 193 Å². The molecule has 2 N–H and O–H groups in total. The van der Waals surface area contributed by atoms with Gasteiger partial charge in [0.25, 0.3) is 5.91 Å². The number of nitrogen functional groups attached to an aromatic ring is 1. The van der Waals surface area contributed by atoms with E-state index >= 15 is 0 Å². The Morgan fingerprint density at radius 2 is 1.97 bits per heavy atom. The van der Waals surface area contributed by atoms with Crippen molar-refractivity contribution < 1.29 is 27.4 Å². The number of nitrogens with zero attached hydrogens (tertiary/aromatic N) is 3. The molecule has 0 saturated carbocycles. The predicted molar refractivity (Wildman–Crippen MR) is 118 cm³/mol. The van der Waals surface area contributed by atoms with Gasteiger partial charge >= 0.3 is 6.18 Å². The molecule has 4 heterocycles. The molecule has 0 unspecified atom stereocenters. The van der Waals surface area contributed by atoms with Crippen molar-refractivity contribution in [3.8, 4) is 0 Å². The highest BCUT2D eigenvalue weighted by Crippen LogP contribution is 2.39. The van der Waals surface area contributed by atoms with Gasteiger partial charge in [0.05, 0.1) is 43.5 Å². The van der Waals surface area contributed by atoms with Crippen LogP contribution in [-0.4, -0.2) is 40.0 Å². The van der Waals surface area contributed by atoms with E-state index in [9.17, 15) is 18.0 Å². The van der Waals surface area contributed by atoms with Crippen LogP contribution in [-0.2, 0) is 22.3 Å². The number of carbonyl (C=O) groups is 1. The minimum atomic E-state index is -4.53. The Bertz CT molecular complexity index is 1260. The molecule has 1 saturated heterocycles. The summed E-state index contributed by atoms with van der Waals surface area (Å²) in [5, 5.41) is 0.799. The minimum absolute atomic E-state index is 0.162. The zero-order valence-corrected chi connectivity index (χ0v) is 18.6. The molecule has 178 valence electrons. The predicted octanol–water partition coefficient (Wildman–Crippen LogP) is 4.42. The van der Waals surface area contributed by atoms with Crippen LogP contribution in [0, 0.1) is 0 Å². The molecule has 0 bridgehead atoms. The average Bonchev–Trinajstić information content (AvgIpc) is 3.20.